The zero-order valence-electron chi connectivity index (χ0n) is 63.9. The Hall–Kier alpha value is -7.02. The Morgan fingerprint density at radius 1 is 0.136 bits per heavy atom. The Kier molecular flexibility index (Phi) is 90.9. The molecule has 0 unspecified atom stereocenters. The third-order valence-electron chi connectivity index (χ3n) is 10.6. The van der Waals surface area contributed by atoms with Crippen LogP contribution in [0.2, 0.25) is 0 Å². The van der Waals surface area contributed by atoms with Crippen molar-refractivity contribution in [2.45, 2.75) is 235 Å². The molecule has 0 saturated heterocycles. The van der Waals surface area contributed by atoms with E-state index in [9.17, 15) is 0 Å². The van der Waals surface area contributed by atoms with Gasteiger partial charge in [0.05, 0.1) is 0 Å². The fourth-order valence-corrected chi connectivity index (χ4v) is 6.69. The van der Waals surface area contributed by atoms with E-state index >= 15 is 0 Å². The van der Waals surface area contributed by atoms with Crippen LogP contribution in [0.4, 0.5) is 0 Å². The molecular formula is C88H140. The first-order chi connectivity index (χ1) is 42.9. The normalized spacial score (nSPS) is 7.89. The van der Waals surface area contributed by atoms with Crippen molar-refractivity contribution < 1.29 is 0 Å². The summed E-state index contributed by atoms with van der Waals surface area (Å²) in [5.74, 6) is 0. The maximum atomic E-state index is 2.22. The monoisotopic (exact) mass is 1200 g/mol. The van der Waals surface area contributed by atoms with Crippen molar-refractivity contribution in [3.63, 3.8) is 0 Å². The van der Waals surface area contributed by atoms with Crippen LogP contribution in [0.5, 0.6) is 0 Å². The van der Waals surface area contributed by atoms with Gasteiger partial charge in [0, 0.05) is 0 Å². The SMILES string of the molecule is CC.CC.CC.CC.CC.CC.CC.CC.CC.CC.CC.CC.Cc1ccc(-c2ccccc2)c(C)c1.Cc1ccc(-c2ccccc2)cc1.Cc1ccc(C)cc1.Cc1cccc(-c2ccccc2)c1.Cc1cccc(C)c1.Cc1ccccc1C. The minimum atomic E-state index is 1.28. The highest BCUT2D eigenvalue weighted by Crippen LogP contribution is 2.24. The summed E-state index contributed by atoms with van der Waals surface area (Å²) in [4.78, 5) is 0. The summed E-state index contributed by atoms with van der Waals surface area (Å²) in [6.45, 7) is 69.2. The maximum absolute atomic E-state index is 2.22. The Bertz CT molecular complexity index is 2590. The van der Waals surface area contributed by atoms with Gasteiger partial charge in [0.25, 0.3) is 0 Å². The first-order valence-electron chi connectivity index (χ1n) is 34.3. The van der Waals surface area contributed by atoms with Crippen LogP contribution in [0.1, 0.15) is 222 Å². The van der Waals surface area contributed by atoms with E-state index in [-0.39, 0.29) is 0 Å². The molecule has 0 saturated carbocycles. The molecule has 0 fully saturated rings. The van der Waals surface area contributed by atoms with Crippen LogP contribution in [0.15, 0.2) is 231 Å². The predicted molar refractivity (Wildman–Crippen MR) is 419 cm³/mol. The van der Waals surface area contributed by atoms with E-state index in [4.69, 9.17) is 0 Å². The molecule has 0 heteroatoms. The van der Waals surface area contributed by atoms with Crippen molar-refractivity contribution in [2.75, 3.05) is 0 Å². The van der Waals surface area contributed by atoms with Gasteiger partial charge in [0.1, 0.15) is 0 Å². The van der Waals surface area contributed by atoms with Crippen molar-refractivity contribution in [1.82, 2.24) is 0 Å². The van der Waals surface area contributed by atoms with Gasteiger partial charge in [-0.25, -0.2) is 0 Å². The van der Waals surface area contributed by atoms with Crippen LogP contribution >= 0.6 is 0 Å². The summed E-state index contributed by atoms with van der Waals surface area (Å²) in [6, 6.07) is 80.4. The molecule has 0 aliphatic carbocycles. The van der Waals surface area contributed by atoms with Crippen LogP contribution in [0.25, 0.3) is 33.4 Å². The van der Waals surface area contributed by atoms with Crippen molar-refractivity contribution in [2.24, 2.45) is 0 Å². The minimum Gasteiger partial charge on any atom is -0.0683 e. The van der Waals surface area contributed by atoms with Gasteiger partial charge in [0.2, 0.25) is 0 Å². The minimum absolute atomic E-state index is 1.28. The van der Waals surface area contributed by atoms with Gasteiger partial charge in [-0.15, -0.1) is 0 Å². The highest BCUT2D eigenvalue weighted by atomic mass is 14.1. The molecule has 0 aliphatic heterocycles. The average Bonchev–Trinajstić information content (AvgIpc) is 3.58. The molecular weight excluding hydrogens is 1060 g/mol. The fourth-order valence-electron chi connectivity index (χ4n) is 6.69. The first kappa shape index (κ1) is 100.0. The second kappa shape index (κ2) is 80.0. The van der Waals surface area contributed by atoms with E-state index in [1.54, 1.807) is 0 Å². The quantitative estimate of drug-likeness (QED) is 0.165. The van der Waals surface area contributed by atoms with E-state index in [1.165, 1.54) is 89.0 Å². The van der Waals surface area contributed by atoms with Gasteiger partial charge >= 0.3 is 0 Å². The summed E-state index contributed by atoms with van der Waals surface area (Å²) in [5, 5.41) is 0. The third-order valence-corrected chi connectivity index (χ3v) is 10.6. The van der Waals surface area contributed by atoms with Gasteiger partial charge in [-0.05, 0) is 119 Å². The summed E-state index contributed by atoms with van der Waals surface area (Å²) in [6.07, 6.45) is 0. The number of rotatable bonds is 3. The summed E-state index contributed by atoms with van der Waals surface area (Å²) in [5.41, 5.74) is 21.1. The van der Waals surface area contributed by atoms with Crippen molar-refractivity contribution >= 4 is 0 Å². The largest absolute Gasteiger partial charge is 0.0683 e. The molecule has 0 aliphatic rings. The zero-order chi connectivity index (χ0) is 70.1. The smallest absolute Gasteiger partial charge is 0.0155 e. The fraction of sp³-hybridized carbons (Fsp3) is 0.386. The molecule has 0 aromatic heterocycles. The molecule has 0 spiro atoms. The lowest BCUT2D eigenvalue weighted by atomic mass is 9.99. The van der Waals surface area contributed by atoms with Crippen LogP contribution in [-0.4, -0.2) is 0 Å². The second-order valence-corrected chi connectivity index (χ2v) is 16.5. The third kappa shape index (κ3) is 55.6. The lowest BCUT2D eigenvalue weighted by Gasteiger charge is -2.06. The van der Waals surface area contributed by atoms with E-state index < -0.39 is 0 Å². The van der Waals surface area contributed by atoms with Gasteiger partial charge in [-0.3, -0.25) is 0 Å². The van der Waals surface area contributed by atoms with Crippen molar-refractivity contribution in [3.05, 3.63) is 286 Å². The van der Waals surface area contributed by atoms with Crippen molar-refractivity contribution in [1.29, 1.82) is 0 Å². The van der Waals surface area contributed by atoms with Crippen LogP contribution in [-0.2, 0) is 0 Å². The molecule has 0 heterocycles. The molecule has 9 aromatic rings. The van der Waals surface area contributed by atoms with Gasteiger partial charge < -0.3 is 0 Å². The Labute approximate surface area is 551 Å². The van der Waals surface area contributed by atoms with Gasteiger partial charge in [-0.1, -0.05) is 436 Å². The molecule has 0 amide bonds. The van der Waals surface area contributed by atoms with Crippen LogP contribution < -0.4 is 0 Å². The Morgan fingerprint density at radius 2 is 0.364 bits per heavy atom. The summed E-state index contributed by atoms with van der Waals surface area (Å²) >= 11 is 0. The number of benzene rings is 9. The molecule has 0 N–H and O–H groups in total. The lowest BCUT2D eigenvalue weighted by Crippen LogP contribution is -1.83. The number of aryl methyl sites for hydroxylation is 10. The van der Waals surface area contributed by atoms with Gasteiger partial charge in [-0.2, -0.15) is 0 Å². The highest BCUT2D eigenvalue weighted by Gasteiger charge is 2.00. The number of hydrogen-bond donors (Lipinski definition) is 0. The van der Waals surface area contributed by atoms with E-state index in [0.29, 0.717) is 0 Å². The molecule has 9 aromatic carbocycles. The Balaban J connectivity index is -0.000000115. The van der Waals surface area contributed by atoms with Crippen LogP contribution in [0, 0.1) is 69.2 Å². The highest BCUT2D eigenvalue weighted by molar-refractivity contribution is 5.67. The zero-order valence-corrected chi connectivity index (χ0v) is 63.9. The summed E-state index contributed by atoms with van der Waals surface area (Å²) < 4.78 is 0. The summed E-state index contributed by atoms with van der Waals surface area (Å²) in [7, 11) is 0. The Morgan fingerprint density at radius 3 is 0.648 bits per heavy atom. The van der Waals surface area contributed by atoms with Gasteiger partial charge in [0.15, 0.2) is 0 Å². The second-order valence-electron chi connectivity index (χ2n) is 16.5. The number of hydrogen-bond acceptors (Lipinski definition) is 0. The van der Waals surface area contributed by atoms with Crippen molar-refractivity contribution in [3.8, 4) is 33.4 Å². The standard InChI is InChI=1S/C14H14.2C13H12.3C8H10.12C2H6/c1-11-8-9-14(12(2)10-11)13-6-4-3-5-7-13;1-11-6-5-9-13(10-11)12-7-3-2-4-8-12;1-11-7-9-13(10-8-11)12-5-3-2-4-6-12;1-7-3-5-8(2)6-4-7;1-7-4-3-5-8(2)6-7;1-7-5-3-4-6-8(7)2;12*1-2/h3-10H,1-2H3;2*2-10H,1H3;3*3-6H,1-2H3;12*1-2H3. The first-order valence-corrected chi connectivity index (χ1v) is 34.3. The molecule has 88 heavy (non-hydrogen) atoms. The van der Waals surface area contributed by atoms with E-state index in [0.717, 1.165) is 0 Å². The molecule has 0 atom stereocenters. The molecule has 0 radical (unpaired) electrons. The average molecular weight is 1200 g/mol. The molecule has 492 valence electrons. The topological polar surface area (TPSA) is 0 Å². The van der Waals surface area contributed by atoms with E-state index in [1.807, 2.05) is 184 Å². The lowest BCUT2D eigenvalue weighted by molar-refractivity contribution is 1.34. The van der Waals surface area contributed by atoms with Crippen LogP contribution in [0.3, 0.4) is 0 Å². The molecule has 0 bridgehead atoms. The maximum Gasteiger partial charge on any atom is -0.0155 e. The predicted octanol–water partition coefficient (Wildman–Crippen LogP) is 30.5. The molecule has 0 nitrogen and oxygen atoms in total. The van der Waals surface area contributed by atoms with E-state index in [2.05, 4.69) is 282 Å². The molecule has 9 rings (SSSR count).